The predicted octanol–water partition coefficient (Wildman–Crippen LogP) is 7.16. The number of fused-ring (bicyclic) bond motifs is 1. The third-order valence-corrected chi connectivity index (χ3v) is 9.94. The molecule has 6 rings (SSSR count). The largest absolute Gasteiger partial charge is 0.481 e. The van der Waals surface area contributed by atoms with Crippen LogP contribution >= 0.6 is 34.8 Å². The Morgan fingerprint density at radius 1 is 0.896 bits per heavy atom. The van der Waals surface area contributed by atoms with Gasteiger partial charge in [0, 0.05) is 11.6 Å². The summed E-state index contributed by atoms with van der Waals surface area (Å²) in [6.07, 6.45) is -7.24. The first kappa shape index (κ1) is 52.1. The summed E-state index contributed by atoms with van der Waals surface area (Å²) in [6.45, 7) is -0.396. The molecule has 0 bridgehead atoms. The van der Waals surface area contributed by atoms with Gasteiger partial charge in [0.2, 0.25) is 23.5 Å². The van der Waals surface area contributed by atoms with Gasteiger partial charge >= 0.3 is 36.0 Å². The molecule has 32 heteroatoms. The molecule has 0 fully saturated rings. The fraction of sp³-hybridized carbons (Fsp3) is 0.143. The predicted molar refractivity (Wildman–Crippen MR) is 220 cm³/mol. The zero-order chi connectivity index (χ0) is 50.2. The molecule has 0 aliphatic carbocycles. The molecule has 0 aliphatic rings. The Labute approximate surface area is 384 Å². The molecule has 0 saturated carbocycles. The maximum atomic E-state index is 12.8. The molecule has 2 amide bonds. The summed E-state index contributed by atoms with van der Waals surface area (Å²) in [5, 5.41) is 32.8. The van der Waals surface area contributed by atoms with E-state index in [1.165, 1.54) is 25.0 Å². The lowest BCUT2D eigenvalue weighted by Crippen LogP contribution is -2.36. The van der Waals surface area contributed by atoms with Gasteiger partial charge in [0.25, 0.3) is 10.0 Å². The molecule has 22 nitrogen and oxygen atoms in total. The fourth-order valence-corrected chi connectivity index (χ4v) is 6.82. The highest BCUT2D eigenvalue weighted by atomic mass is 35.5. The number of nitrogen functional groups attached to an aromatic ring is 1. The Hall–Kier alpha value is -7.50. The van der Waals surface area contributed by atoms with Crippen LogP contribution < -0.4 is 30.0 Å². The Morgan fingerprint density at radius 3 is 2.01 bits per heavy atom. The number of rotatable bonds is 11. The molecule has 4 aromatic heterocycles. The Bertz CT molecular complexity index is 2940. The summed E-state index contributed by atoms with van der Waals surface area (Å²) in [5.74, 6) is -3.49. The van der Waals surface area contributed by atoms with Gasteiger partial charge in [-0.3, -0.25) is 20.4 Å². The molecule has 0 saturated heterocycles. The van der Waals surface area contributed by atoms with E-state index in [4.69, 9.17) is 65.0 Å². The highest BCUT2D eigenvalue weighted by Crippen LogP contribution is 2.39. The quantitative estimate of drug-likeness (QED) is 0.0488. The second kappa shape index (κ2) is 21.2. The number of hydrogen-bond donors (Lipinski definition) is 5. The van der Waals surface area contributed by atoms with Crippen molar-refractivity contribution in [2.75, 3.05) is 31.9 Å². The number of nitrogens with zero attached hydrogens (tertiary/aromatic N) is 7. The number of carbonyl (C=O) groups excluding carboxylic acids is 1. The summed E-state index contributed by atoms with van der Waals surface area (Å²) >= 11 is 17.5. The van der Waals surface area contributed by atoms with Gasteiger partial charge < -0.3 is 30.2 Å². The minimum Gasteiger partial charge on any atom is -0.481 e. The highest BCUT2D eigenvalue weighted by molar-refractivity contribution is 7.90. The van der Waals surface area contributed by atoms with Crippen LogP contribution in [-0.4, -0.2) is 92.1 Å². The lowest BCUT2D eigenvalue weighted by molar-refractivity contribution is -0.383. The Kier molecular flexibility index (Phi) is 16.5. The van der Waals surface area contributed by atoms with Crippen LogP contribution in [0.4, 0.5) is 48.6 Å². The van der Waals surface area contributed by atoms with E-state index in [1.807, 2.05) is 5.32 Å². The van der Waals surface area contributed by atoms with Crippen LogP contribution in [0.2, 0.25) is 15.1 Å². The van der Waals surface area contributed by atoms with E-state index >= 15 is 0 Å². The van der Waals surface area contributed by atoms with Crippen molar-refractivity contribution in [2.45, 2.75) is 17.4 Å². The smallest absolute Gasteiger partial charge is 0.433 e. The molecule has 0 atom stereocenters. The number of nitro groups is 1. The molecular formula is C35H25Cl3F6N10O12S. The number of nitrogens with two attached hydrogens (primary N) is 1. The number of aromatic carboxylic acids is 1. The number of methoxy groups -OCH3 is 2. The lowest BCUT2D eigenvalue weighted by atomic mass is 10.2. The lowest BCUT2D eigenvalue weighted by Gasteiger charge is -2.12. The molecule has 4 heterocycles. The topological polar surface area (TPSA) is 316 Å². The van der Waals surface area contributed by atoms with Crippen molar-refractivity contribution in [3.8, 4) is 23.2 Å². The number of nitrogens with one attached hydrogen (secondary N) is 2. The van der Waals surface area contributed by atoms with Gasteiger partial charge in [-0.15, -0.1) is 0 Å². The Morgan fingerprint density at radius 2 is 1.51 bits per heavy atom. The summed E-state index contributed by atoms with van der Waals surface area (Å²) in [6, 6.07) is 8.52. The summed E-state index contributed by atoms with van der Waals surface area (Å²) in [7, 11) is -2.66. The van der Waals surface area contributed by atoms with Crippen molar-refractivity contribution >= 4 is 91.2 Å². The van der Waals surface area contributed by atoms with Gasteiger partial charge in [-0.25, -0.2) is 28.8 Å². The number of halogens is 9. The van der Waals surface area contributed by atoms with E-state index in [9.17, 15) is 59.3 Å². The molecule has 2 aromatic carbocycles. The van der Waals surface area contributed by atoms with Crippen molar-refractivity contribution in [3.05, 3.63) is 109 Å². The molecule has 0 spiro atoms. The van der Waals surface area contributed by atoms with Crippen LogP contribution in [0, 0.1) is 10.1 Å². The van der Waals surface area contributed by atoms with E-state index in [1.54, 1.807) is 30.5 Å². The molecule has 0 unspecified atom stereocenters. The number of carboxylic acid groups (broad SMARTS) is 2. The number of pyridine rings is 2. The van der Waals surface area contributed by atoms with Crippen LogP contribution in [0.5, 0.6) is 17.5 Å². The average molecular weight is 1030 g/mol. The van der Waals surface area contributed by atoms with Crippen molar-refractivity contribution < 1.29 is 78.5 Å². The second-order valence-electron chi connectivity index (χ2n) is 12.2. The van der Waals surface area contributed by atoms with Crippen molar-refractivity contribution in [1.82, 2.24) is 34.4 Å². The second-order valence-corrected chi connectivity index (χ2v) is 15.0. The van der Waals surface area contributed by atoms with E-state index in [2.05, 4.69) is 25.0 Å². The molecule has 67 heavy (non-hydrogen) atoms. The third-order valence-electron chi connectivity index (χ3n) is 7.75. The van der Waals surface area contributed by atoms with Gasteiger partial charge in [0.05, 0.1) is 51.4 Å². The zero-order valence-electron chi connectivity index (χ0n) is 33.1. The minimum atomic E-state index is -5.14. The molecule has 6 N–H and O–H groups in total. The number of hydrogen-bond acceptors (Lipinski definition) is 16. The number of carboxylic acids is 2. The number of sulfonamides is 1. The number of alkyl halides is 6. The molecular weight excluding hydrogens is 1000 g/mol. The van der Waals surface area contributed by atoms with Crippen molar-refractivity contribution in [1.29, 1.82) is 0 Å². The molecule has 6 aromatic rings. The number of ether oxygens (including phenoxy) is 3. The number of aliphatic carboxylic acids is 1. The van der Waals surface area contributed by atoms with Crippen molar-refractivity contribution in [3.63, 3.8) is 0 Å². The number of benzene rings is 2. The van der Waals surface area contributed by atoms with Gasteiger partial charge in [0.15, 0.2) is 11.6 Å². The van der Waals surface area contributed by atoms with E-state index < -0.39 is 91.2 Å². The van der Waals surface area contributed by atoms with Gasteiger partial charge in [-0.05, 0) is 48.5 Å². The molecule has 356 valence electrons. The Balaban J connectivity index is 0.000000231. The number of amides is 2. The molecule has 0 radical (unpaired) electrons. The maximum Gasteiger partial charge on any atom is 0.433 e. The first-order valence-corrected chi connectivity index (χ1v) is 19.8. The first-order valence-electron chi connectivity index (χ1n) is 17.2. The summed E-state index contributed by atoms with van der Waals surface area (Å²) in [5.41, 5.74) is 1.59. The number of aromatic nitrogens is 6. The van der Waals surface area contributed by atoms with Crippen LogP contribution in [0.3, 0.4) is 0 Å². The normalized spacial score (nSPS) is 11.3. The summed E-state index contributed by atoms with van der Waals surface area (Å²) in [4.78, 5) is 57.8. The number of carbonyl (C=O) groups is 3. The van der Waals surface area contributed by atoms with E-state index in [-0.39, 0.29) is 27.5 Å². The number of anilines is 2. The van der Waals surface area contributed by atoms with Crippen LogP contribution in [0.1, 0.15) is 21.6 Å². The van der Waals surface area contributed by atoms with Crippen molar-refractivity contribution in [2.24, 2.45) is 0 Å². The first-order chi connectivity index (χ1) is 31.2. The monoisotopic (exact) mass is 1030 g/mol. The number of urea groups is 1. The average Bonchev–Trinajstić information content (AvgIpc) is 3.62. The molecule has 0 aliphatic heterocycles. The van der Waals surface area contributed by atoms with Crippen LogP contribution in [-0.2, 0) is 27.2 Å². The third kappa shape index (κ3) is 13.3. The van der Waals surface area contributed by atoms with Gasteiger partial charge in [-0.1, -0.05) is 34.8 Å². The van der Waals surface area contributed by atoms with Gasteiger partial charge in [0.1, 0.15) is 28.8 Å². The fourth-order valence-electron chi connectivity index (χ4n) is 4.90. The minimum absolute atomic E-state index is 0.0623. The maximum absolute atomic E-state index is 12.8. The zero-order valence-corrected chi connectivity index (χ0v) is 36.1. The van der Waals surface area contributed by atoms with Crippen LogP contribution in [0.15, 0.2) is 72.0 Å². The van der Waals surface area contributed by atoms with Crippen LogP contribution in [0.25, 0.3) is 16.6 Å². The van der Waals surface area contributed by atoms with E-state index in [0.717, 1.165) is 16.3 Å². The highest BCUT2D eigenvalue weighted by Gasteiger charge is 2.37. The standard InChI is InChI=1S/C14H12F3N5O7S.C11H8ClNO3.C10H5Cl2F3N4O2/c1-28-8-5-9(29-2)20-12(19-8)21-13(25)22-30(26,27)10-6(11(23)24)3-4-7(18-10)14(15,16)17;12-8-3-4-9(16-6-10(14)15)11-7(8)2-1-5-13-11;11-5-1-4(10(13,14)15)2-6(12)8(5)18-9(16)7(3-17-18)19(20)21/h3-5H,1-2H3,(H,23,24)(H2,19,20,21,22,25);1-5H,6H2,(H,14,15);1-3H,16H2. The van der Waals surface area contributed by atoms with Gasteiger partial charge in [-0.2, -0.15) is 49.8 Å². The SMILES string of the molecule is COc1cc(OC)nc(NC(=O)NS(=O)(=O)c2nc(C(F)(F)F)ccc2C(=O)O)n1.Nc1c([N+](=O)[O-])cnn1-c1c(Cl)cc(C(F)(F)F)cc1Cl.O=C(O)COc1ccc(Cl)c2cccnc12. The summed E-state index contributed by atoms with van der Waals surface area (Å²) < 4.78 is 118. The van der Waals surface area contributed by atoms with E-state index in [0.29, 0.717) is 40.6 Å².